The number of hydrogen-bond donors (Lipinski definition) is 1. The molecule has 4 heteroatoms. The van der Waals surface area contributed by atoms with E-state index >= 15 is 0 Å². The second-order valence-corrected chi connectivity index (χ2v) is 9.33. The molecule has 2 saturated heterocycles. The number of nitrogens with two attached hydrogens (primary N) is 1. The number of hydrogen-bond acceptors (Lipinski definition) is 4. The van der Waals surface area contributed by atoms with Crippen molar-refractivity contribution in [1.82, 2.24) is 4.90 Å². The normalized spacial score (nSPS) is 42.5. The van der Waals surface area contributed by atoms with Crippen LogP contribution in [0.25, 0.3) is 0 Å². The van der Waals surface area contributed by atoms with Gasteiger partial charge in [0, 0.05) is 30.1 Å². The van der Waals surface area contributed by atoms with E-state index in [-0.39, 0.29) is 16.7 Å². The van der Waals surface area contributed by atoms with Crippen molar-refractivity contribution < 1.29 is 4.74 Å². The molecule has 0 aliphatic carbocycles. The first-order valence-electron chi connectivity index (χ1n) is 7.43. The summed E-state index contributed by atoms with van der Waals surface area (Å²) < 4.78 is 6.34. The molecule has 112 valence electrons. The van der Waals surface area contributed by atoms with Gasteiger partial charge in [-0.2, -0.15) is 11.8 Å². The zero-order valence-corrected chi connectivity index (χ0v) is 14.1. The average molecular weight is 286 g/mol. The van der Waals surface area contributed by atoms with E-state index in [2.05, 4.69) is 58.2 Å². The van der Waals surface area contributed by atoms with Gasteiger partial charge in [-0.15, -0.1) is 0 Å². The third-order valence-corrected chi connectivity index (χ3v) is 5.96. The molecule has 2 rings (SSSR count). The molecule has 0 aromatic rings. The lowest BCUT2D eigenvalue weighted by Gasteiger charge is -2.51. The lowest BCUT2D eigenvalue weighted by Crippen LogP contribution is -2.66. The van der Waals surface area contributed by atoms with E-state index in [0.29, 0.717) is 17.0 Å². The summed E-state index contributed by atoms with van der Waals surface area (Å²) in [5.41, 5.74) is 5.96. The number of ether oxygens (including phenoxy) is 1. The summed E-state index contributed by atoms with van der Waals surface area (Å²) in [5, 5.41) is 1.35. The monoisotopic (exact) mass is 286 g/mol. The predicted octanol–water partition coefficient (Wildman–Crippen LogP) is 2.49. The molecule has 0 aromatic heterocycles. The Balaban J connectivity index is 2.32. The van der Waals surface area contributed by atoms with Crippen molar-refractivity contribution in [3.8, 4) is 0 Å². The Morgan fingerprint density at radius 2 is 1.68 bits per heavy atom. The summed E-state index contributed by atoms with van der Waals surface area (Å²) in [5.74, 6) is 0. The fourth-order valence-electron chi connectivity index (χ4n) is 4.21. The Morgan fingerprint density at radius 3 is 2.05 bits per heavy atom. The molecule has 2 aliphatic heterocycles. The van der Waals surface area contributed by atoms with Crippen molar-refractivity contribution in [3.63, 3.8) is 0 Å². The van der Waals surface area contributed by atoms with Gasteiger partial charge in [0.2, 0.25) is 0 Å². The standard InChI is InChI=1S/C15H30N2OS/c1-11-7-17(8-12(2)19-11)15(10-16)9-13(3,4)18-14(15,5)6/h11-12H,7-10,16H2,1-6H3. The van der Waals surface area contributed by atoms with Gasteiger partial charge in [-0.25, -0.2) is 0 Å². The van der Waals surface area contributed by atoms with E-state index in [9.17, 15) is 0 Å². The minimum Gasteiger partial charge on any atom is -0.368 e. The number of rotatable bonds is 2. The minimum absolute atomic E-state index is 0.0278. The molecule has 2 fully saturated rings. The summed E-state index contributed by atoms with van der Waals surface area (Å²) in [4.78, 5) is 2.62. The van der Waals surface area contributed by atoms with E-state index in [1.54, 1.807) is 0 Å². The van der Waals surface area contributed by atoms with Gasteiger partial charge < -0.3 is 10.5 Å². The molecule has 0 spiro atoms. The Bertz CT molecular complexity index is 335. The van der Waals surface area contributed by atoms with Gasteiger partial charge in [0.25, 0.3) is 0 Å². The van der Waals surface area contributed by atoms with E-state index in [1.807, 2.05) is 0 Å². The number of nitrogens with zero attached hydrogens (tertiary/aromatic N) is 1. The van der Waals surface area contributed by atoms with Crippen LogP contribution in [0.2, 0.25) is 0 Å². The van der Waals surface area contributed by atoms with Crippen LogP contribution in [0.3, 0.4) is 0 Å². The van der Waals surface area contributed by atoms with Crippen LogP contribution < -0.4 is 5.73 Å². The zero-order valence-electron chi connectivity index (χ0n) is 13.3. The molecule has 19 heavy (non-hydrogen) atoms. The third-order valence-electron chi connectivity index (χ3n) is 4.73. The van der Waals surface area contributed by atoms with Crippen molar-refractivity contribution in [2.24, 2.45) is 5.73 Å². The predicted molar refractivity (Wildman–Crippen MR) is 83.7 cm³/mol. The van der Waals surface area contributed by atoms with Crippen molar-refractivity contribution in [3.05, 3.63) is 0 Å². The molecular weight excluding hydrogens is 256 g/mol. The molecule has 2 aliphatic rings. The lowest BCUT2D eigenvalue weighted by atomic mass is 9.77. The average Bonchev–Trinajstić information content (AvgIpc) is 2.42. The SMILES string of the molecule is CC1CN(C2(CN)CC(C)(C)OC2(C)C)CC(C)S1. The van der Waals surface area contributed by atoms with E-state index in [1.165, 1.54) is 0 Å². The molecule has 2 heterocycles. The smallest absolute Gasteiger partial charge is 0.0830 e. The Hall–Kier alpha value is 0.230. The Morgan fingerprint density at radius 1 is 1.16 bits per heavy atom. The molecule has 0 saturated carbocycles. The molecule has 3 atom stereocenters. The highest BCUT2D eigenvalue weighted by atomic mass is 32.2. The van der Waals surface area contributed by atoms with E-state index < -0.39 is 0 Å². The highest BCUT2D eigenvalue weighted by Crippen LogP contribution is 2.49. The number of thioether (sulfide) groups is 1. The molecule has 3 unspecified atom stereocenters. The van der Waals surface area contributed by atoms with Crippen LogP contribution >= 0.6 is 11.8 Å². The second-order valence-electron chi connectivity index (χ2n) is 7.45. The van der Waals surface area contributed by atoms with Crippen molar-refractivity contribution in [1.29, 1.82) is 0 Å². The van der Waals surface area contributed by atoms with E-state index in [4.69, 9.17) is 10.5 Å². The molecule has 0 radical (unpaired) electrons. The van der Waals surface area contributed by atoms with Crippen LogP contribution in [0.1, 0.15) is 48.0 Å². The van der Waals surface area contributed by atoms with Gasteiger partial charge in [0.1, 0.15) is 0 Å². The quantitative estimate of drug-likeness (QED) is 0.846. The van der Waals surface area contributed by atoms with Gasteiger partial charge >= 0.3 is 0 Å². The van der Waals surface area contributed by atoms with Crippen LogP contribution in [0, 0.1) is 0 Å². The molecule has 0 amide bonds. The molecule has 0 aromatic carbocycles. The topological polar surface area (TPSA) is 38.5 Å². The molecule has 0 bridgehead atoms. The first kappa shape index (κ1) is 15.6. The first-order chi connectivity index (χ1) is 8.62. The Kier molecular flexibility index (Phi) is 4.03. The summed E-state index contributed by atoms with van der Waals surface area (Å²) in [6.07, 6.45) is 1.02. The maximum absolute atomic E-state index is 6.34. The maximum Gasteiger partial charge on any atom is 0.0830 e. The maximum atomic E-state index is 6.34. The third kappa shape index (κ3) is 2.69. The summed E-state index contributed by atoms with van der Waals surface area (Å²) in [7, 11) is 0. The lowest BCUT2D eigenvalue weighted by molar-refractivity contribution is -0.104. The minimum atomic E-state index is -0.188. The van der Waals surface area contributed by atoms with Crippen LogP contribution in [0.4, 0.5) is 0 Å². The highest BCUT2D eigenvalue weighted by Gasteiger charge is 2.59. The molecule has 3 nitrogen and oxygen atoms in total. The highest BCUT2D eigenvalue weighted by molar-refractivity contribution is 8.00. The van der Waals surface area contributed by atoms with Crippen molar-refractivity contribution in [2.45, 2.75) is 75.2 Å². The van der Waals surface area contributed by atoms with Gasteiger partial charge in [-0.05, 0) is 34.1 Å². The van der Waals surface area contributed by atoms with Crippen LogP contribution in [0.5, 0.6) is 0 Å². The fourth-order valence-corrected chi connectivity index (χ4v) is 5.53. The van der Waals surface area contributed by atoms with Gasteiger partial charge in [-0.3, -0.25) is 4.90 Å². The summed E-state index contributed by atoms with van der Waals surface area (Å²) in [6.45, 7) is 16.4. The van der Waals surface area contributed by atoms with Crippen LogP contribution in [0.15, 0.2) is 0 Å². The first-order valence-corrected chi connectivity index (χ1v) is 8.37. The van der Waals surface area contributed by atoms with Gasteiger partial charge in [-0.1, -0.05) is 13.8 Å². The molecule has 2 N–H and O–H groups in total. The fraction of sp³-hybridized carbons (Fsp3) is 1.00. The Labute approximate surface area is 122 Å². The summed E-state index contributed by atoms with van der Waals surface area (Å²) >= 11 is 2.09. The second kappa shape index (κ2) is 4.90. The largest absolute Gasteiger partial charge is 0.368 e. The van der Waals surface area contributed by atoms with E-state index in [0.717, 1.165) is 19.5 Å². The molecular formula is C15H30N2OS. The van der Waals surface area contributed by atoms with Crippen LogP contribution in [-0.2, 0) is 4.74 Å². The van der Waals surface area contributed by atoms with Crippen molar-refractivity contribution in [2.75, 3.05) is 19.6 Å². The zero-order chi connectivity index (χ0) is 14.5. The summed E-state index contributed by atoms with van der Waals surface area (Å²) in [6, 6.07) is 0. The van der Waals surface area contributed by atoms with Crippen LogP contribution in [-0.4, -0.2) is 51.8 Å². The van der Waals surface area contributed by atoms with Gasteiger partial charge in [0.15, 0.2) is 0 Å². The van der Waals surface area contributed by atoms with Crippen molar-refractivity contribution >= 4 is 11.8 Å². The van der Waals surface area contributed by atoms with Gasteiger partial charge in [0.05, 0.1) is 16.7 Å².